The Bertz CT molecular complexity index is 1060. The Morgan fingerprint density at radius 3 is 2.93 bits per heavy atom. The topological polar surface area (TPSA) is 66.5 Å². The number of fused-ring (bicyclic) bond motifs is 2. The van der Waals surface area contributed by atoms with Crippen LogP contribution in [-0.4, -0.2) is 44.2 Å². The largest absolute Gasteiger partial charge is 0.497 e. The molecule has 1 aliphatic heterocycles. The highest BCUT2D eigenvalue weighted by molar-refractivity contribution is 7.22. The minimum atomic E-state index is -0.0299. The SMILES string of the molecule is COc1ccc2c(c1)CC[C@@H]2NC(=O)c1ccc2nc(N3CCNCC3)sc2c1. The third kappa shape index (κ3) is 3.56. The Kier molecular flexibility index (Phi) is 4.85. The molecular formula is C22H24N4O2S. The molecule has 0 radical (unpaired) electrons. The minimum absolute atomic E-state index is 0.0299. The summed E-state index contributed by atoms with van der Waals surface area (Å²) in [7, 11) is 1.68. The van der Waals surface area contributed by atoms with Crippen LogP contribution in [0.4, 0.5) is 5.13 Å². The van der Waals surface area contributed by atoms with Crippen molar-refractivity contribution in [3.05, 3.63) is 53.1 Å². The zero-order valence-corrected chi connectivity index (χ0v) is 17.2. The number of rotatable bonds is 4. The predicted molar refractivity (Wildman–Crippen MR) is 116 cm³/mol. The molecule has 7 heteroatoms. The lowest BCUT2D eigenvalue weighted by Crippen LogP contribution is -2.43. The smallest absolute Gasteiger partial charge is 0.251 e. The first kappa shape index (κ1) is 18.4. The van der Waals surface area contributed by atoms with Crippen LogP contribution in [0, 0.1) is 0 Å². The van der Waals surface area contributed by atoms with E-state index in [0.29, 0.717) is 5.56 Å². The van der Waals surface area contributed by atoms with Crippen LogP contribution in [0.3, 0.4) is 0 Å². The monoisotopic (exact) mass is 408 g/mol. The van der Waals surface area contributed by atoms with Crippen LogP contribution in [0.5, 0.6) is 5.75 Å². The van der Waals surface area contributed by atoms with E-state index in [4.69, 9.17) is 9.72 Å². The third-order valence-electron chi connectivity index (χ3n) is 5.76. The van der Waals surface area contributed by atoms with Crippen LogP contribution in [0.1, 0.15) is 33.9 Å². The number of aromatic nitrogens is 1. The zero-order valence-electron chi connectivity index (χ0n) is 16.4. The molecule has 1 fully saturated rings. The summed E-state index contributed by atoms with van der Waals surface area (Å²) in [4.78, 5) is 20.0. The van der Waals surface area contributed by atoms with Crippen LogP contribution >= 0.6 is 11.3 Å². The van der Waals surface area contributed by atoms with E-state index in [9.17, 15) is 4.79 Å². The van der Waals surface area contributed by atoms with Crippen molar-refractivity contribution < 1.29 is 9.53 Å². The van der Waals surface area contributed by atoms with E-state index in [0.717, 1.165) is 60.1 Å². The molecule has 2 N–H and O–H groups in total. The van der Waals surface area contributed by atoms with Gasteiger partial charge in [-0.05, 0) is 54.3 Å². The first-order chi connectivity index (χ1) is 14.2. The predicted octanol–water partition coefficient (Wildman–Crippen LogP) is 3.13. The van der Waals surface area contributed by atoms with Crippen molar-refractivity contribution in [3.8, 4) is 5.75 Å². The number of ether oxygens (including phenoxy) is 1. The zero-order chi connectivity index (χ0) is 19.8. The number of nitrogens with zero attached hydrogens (tertiary/aromatic N) is 2. The first-order valence-electron chi connectivity index (χ1n) is 10.1. The number of piperazine rings is 1. The van der Waals surface area contributed by atoms with E-state index in [1.165, 1.54) is 11.1 Å². The molecule has 2 aliphatic rings. The van der Waals surface area contributed by atoms with Gasteiger partial charge in [0.15, 0.2) is 5.13 Å². The van der Waals surface area contributed by atoms with Crippen molar-refractivity contribution in [3.63, 3.8) is 0 Å². The standard InChI is InChI=1S/C22H24N4O2S/c1-28-16-4-5-17-14(12-16)2-6-18(17)24-21(27)15-3-7-19-20(13-15)29-22(25-19)26-10-8-23-9-11-26/h3-5,7,12-13,18,23H,2,6,8-11H2,1H3,(H,24,27)/t18-/m0/s1. The van der Waals surface area contributed by atoms with Crippen LogP contribution in [0.2, 0.25) is 0 Å². The second-order valence-corrected chi connectivity index (χ2v) is 8.55. The van der Waals surface area contributed by atoms with Crippen LogP contribution in [-0.2, 0) is 6.42 Å². The normalized spacial score (nSPS) is 18.7. The maximum atomic E-state index is 12.9. The average molecular weight is 409 g/mol. The number of hydrogen-bond donors (Lipinski definition) is 2. The lowest BCUT2D eigenvalue weighted by atomic mass is 10.1. The van der Waals surface area contributed by atoms with Gasteiger partial charge in [-0.15, -0.1) is 0 Å². The number of benzene rings is 2. The minimum Gasteiger partial charge on any atom is -0.497 e. The summed E-state index contributed by atoms with van der Waals surface area (Å²) in [6.07, 6.45) is 1.88. The number of nitrogens with one attached hydrogen (secondary N) is 2. The van der Waals surface area contributed by atoms with Crippen molar-refractivity contribution in [1.82, 2.24) is 15.6 Å². The molecule has 5 rings (SSSR count). The Labute approximate surface area is 173 Å². The maximum Gasteiger partial charge on any atom is 0.251 e. The van der Waals surface area contributed by atoms with E-state index in [1.807, 2.05) is 24.3 Å². The van der Waals surface area contributed by atoms with Crippen LogP contribution in [0.15, 0.2) is 36.4 Å². The van der Waals surface area contributed by atoms with Gasteiger partial charge in [0.1, 0.15) is 5.75 Å². The molecule has 1 saturated heterocycles. The summed E-state index contributed by atoms with van der Waals surface area (Å²) in [6.45, 7) is 3.91. The van der Waals surface area contributed by atoms with E-state index in [-0.39, 0.29) is 11.9 Å². The number of carbonyl (C=O) groups excluding carboxylic acids is 1. The number of amides is 1. The van der Waals surface area contributed by atoms with Gasteiger partial charge in [-0.2, -0.15) is 0 Å². The molecule has 1 aromatic heterocycles. The van der Waals surface area contributed by atoms with Crippen molar-refractivity contribution in [2.75, 3.05) is 38.2 Å². The number of methoxy groups -OCH3 is 1. The van der Waals surface area contributed by atoms with Gasteiger partial charge in [-0.25, -0.2) is 4.98 Å². The summed E-state index contributed by atoms with van der Waals surface area (Å²) >= 11 is 1.66. The number of carbonyl (C=O) groups is 1. The molecule has 0 saturated carbocycles. The maximum absolute atomic E-state index is 12.9. The Morgan fingerprint density at radius 1 is 1.24 bits per heavy atom. The molecule has 6 nitrogen and oxygen atoms in total. The van der Waals surface area contributed by atoms with E-state index >= 15 is 0 Å². The molecule has 150 valence electrons. The molecule has 0 unspecified atom stereocenters. The molecule has 1 aliphatic carbocycles. The average Bonchev–Trinajstić information content (AvgIpc) is 3.37. The molecule has 0 spiro atoms. The highest BCUT2D eigenvalue weighted by atomic mass is 32.1. The number of aryl methyl sites for hydroxylation is 1. The molecule has 1 atom stereocenters. The molecular weight excluding hydrogens is 384 g/mol. The number of anilines is 1. The second-order valence-electron chi connectivity index (χ2n) is 7.55. The Hall–Kier alpha value is -2.64. The fraction of sp³-hybridized carbons (Fsp3) is 0.364. The van der Waals surface area contributed by atoms with Gasteiger partial charge >= 0.3 is 0 Å². The fourth-order valence-corrected chi connectivity index (χ4v) is 5.21. The van der Waals surface area contributed by atoms with Crippen molar-refractivity contribution >= 4 is 32.6 Å². The van der Waals surface area contributed by atoms with Crippen LogP contribution < -0.4 is 20.3 Å². The van der Waals surface area contributed by atoms with Gasteiger partial charge < -0.3 is 20.3 Å². The van der Waals surface area contributed by atoms with Crippen LogP contribution in [0.25, 0.3) is 10.2 Å². The fourth-order valence-electron chi connectivity index (χ4n) is 4.16. The van der Waals surface area contributed by atoms with Gasteiger partial charge in [0, 0.05) is 31.7 Å². The van der Waals surface area contributed by atoms with Gasteiger partial charge in [-0.3, -0.25) is 4.79 Å². The summed E-state index contributed by atoms with van der Waals surface area (Å²) in [5, 5.41) is 7.61. The van der Waals surface area contributed by atoms with Gasteiger partial charge in [-0.1, -0.05) is 17.4 Å². The molecule has 3 aromatic rings. The quantitative estimate of drug-likeness (QED) is 0.694. The molecule has 1 amide bonds. The summed E-state index contributed by atoms with van der Waals surface area (Å²) < 4.78 is 6.37. The van der Waals surface area contributed by atoms with E-state index < -0.39 is 0 Å². The Morgan fingerprint density at radius 2 is 2.10 bits per heavy atom. The van der Waals surface area contributed by atoms with Crippen molar-refractivity contribution in [1.29, 1.82) is 0 Å². The molecule has 2 aromatic carbocycles. The number of hydrogen-bond acceptors (Lipinski definition) is 6. The van der Waals surface area contributed by atoms with E-state index in [2.05, 4.69) is 27.7 Å². The second kappa shape index (κ2) is 7.65. The third-order valence-corrected chi connectivity index (χ3v) is 6.84. The molecule has 0 bridgehead atoms. The molecule has 29 heavy (non-hydrogen) atoms. The van der Waals surface area contributed by atoms with Gasteiger partial charge in [0.25, 0.3) is 5.91 Å². The first-order valence-corrected chi connectivity index (χ1v) is 10.9. The van der Waals surface area contributed by atoms with Gasteiger partial charge in [0.05, 0.1) is 23.4 Å². The lowest BCUT2D eigenvalue weighted by Gasteiger charge is -2.26. The number of thiazole rings is 1. The summed E-state index contributed by atoms with van der Waals surface area (Å²) in [6, 6.07) is 12.0. The van der Waals surface area contributed by atoms with Crippen molar-refractivity contribution in [2.45, 2.75) is 18.9 Å². The summed E-state index contributed by atoms with van der Waals surface area (Å²) in [5.74, 6) is 0.837. The highest BCUT2D eigenvalue weighted by Crippen LogP contribution is 2.34. The summed E-state index contributed by atoms with van der Waals surface area (Å²) in [5.41, 5.74) is 4.10. The lowest BCUT2D eigenvalue weighted by molar-refractivity contribution is 0.0937. The van der Waals surface area contributed by atoms with E-state index in [1.54, 1.807) is 18.4 Å². The van der Waals surface area contributed by atoms with Gasteiger partial charge in [0.2, 0.25) is 0 Å². The highest BCUT2D eigenvalue weighted by Gasteiger charge is 2.25. The van der Waals surface area contributed by atoms with Crippen molar-refractivity contribution in [2.24, 2.45) is 0 Å². The molecule has 2 heterocycles. The Balaban J connectivity index is 1.34.